The largest absolute Gasteiger partial charge is 0.494 e. The lowest BCUT2D eigenvalue weighted by molar-refractivity contribution is 0.419. The lowest BCUT2D eigenvalue weighted by atomic mass is 10.2. The highest BCUT2D eigenvalue weighted by atomic mass is 35.5. The van der Waals surface area contributed by atoms with Crippen LogP contribution in [-0.4, -0.2) is 21.6 Å². The number of halogens is 1. The Kier molecular flexibility index (Phi) is 3.46. The number of hydrogen-bond acceptors (Lipinski definition) is 5. The Labute approximate surface area is 131 Å². The van der Waals surface area contributed by atoms with Crippen molar-refractivity contribution in [2.45, 2.75) is 6.92 Å². The summed E-state index contributed by atoms with van der Waals surface area (Å²) in [5.41, 5.74) is 7.65. The molecule has 0 aliphatic carbocycles. The number of rotatable bonds is 2. The van der Waals surface area contributed by atoms with Crippen LogP contribution in [0.4, 0.5) is 5.82 Å². The van der Waals surface area contributed by atoms with E-state index >= 15 is 0 Å². The molecular formula is C15H13ClN4O2. The molecule has 2 heterocycles. The number of benzene rings is 1. The number of anilines is 1. The number of methoxy groups -OCH3 is 1. The fraction of sp³-hybridized carbons (Fsp3) is 0.133. The van der Waals surface area contributed by atoms with Gasteiger partial charge in [-0.15, -0.1) is 0 Å². The molecule has 0 unspecified atom stereocenters. The molecule has 2 N–H and O–H groups in total. The van der Waals surface area contributed by atoms with Crippen LogP contribution in [0.3, 0.4) is 0 Å². The van der Waals surface area contributed by atoms with Gasteiger partial charge in [0.05, 0.1) is 24.0 Å². The summed E-state index contributed by atoms with van der Waals surface area (Å²) in [5, 5.41) is 0.436. The highest BCUT2D eigenvalue weighted by molar-refractivity contribution is 6.31. The van der Waals surface area contributed by atoms with Gasteiger partial charge in [0.2, 0.25) is 0 Å². The van der Waals surface area contributed by atoms with E-state index in [1.165, 1.54) is 11.7 Å². The third kappa shape index (κ3) is 2.17. The van der Waals surface area contributed by atoms with Crippen molar-refractivity contribution < 1.29 is 4.74 Å². The molecule has 112 valence electrons. The number of fused-ring (bicyclic) bond motifs is 1. The second-order valence-corrected chi connectivity index (χ2v) is 5.16. The van der Waals surface area contributed by atoms with E-state index in [0.29, 0.717) is 33.2 Å². The molecule has 7 heteroatoms. The highest BCUT2D eigenvalue weighted by Gasteiger charge is 2.16. The van der Waals surface area contributed by atoms with Crippen LogP contribution in [-0.2, 0) is 0 Å². The van der Waals surface area contributed by atoms with Gasteiger partial charge in [-0.05, 0) is 25.1 Å². The molecule has 0 atom stereocenters. The van der Waals surface area contributed by atoms with Gasteiger partial charge in [0.1, 0.15) is 11.3 Å². The Morgan fingerprint density at radius 2 is 2.14 bits per heavy atom. The maximum absolute atomic E-state index is 12.5. The monoisotopic (exact) mass is 316 g/mol. The first-order valence-electron chi connectivity index (χ1n) is 6.50. The average Bonchev–Trinajstić information content (AvgIpc) is 2.50. The second-order valence-electron chi connectivity index (χ2n) is 4.72. The molecule has 0 bridgehead atoms. The fourth-order valence-corrected chi connectivity index (χ4v) is 2.54. The minimum atomic E-state index is -0.423. The van der Waals surface area contributed by atoms with E-state index in [1.807, 2.05) is 6.92 Å². The van der Waals surface area contributed by atoms with E-state index in [0.717, 1.165) is 0 Å². The number of nitrogens with zero attached hydrogens (tertiary/aromatic N) is 3. The van der Waals surface area contributed by atoms with Crippen LogP contribution in [0.15, 0.2) is 35.3 Å². The first-order chi connectivity index (χ1) is 10.5. The van der Waals surface area contributed by atoms with E-state index in [2.05, 4.69) is 9.97 Å². The molecule has 0 radical (unpaired) electrons. The number of pyridine rings is 1. The van der Waals surface area contributed by atoms with Crippen molar-refractivity contribution >= 4 is 28.5 Å². The molecule has 3 aromatic rings. The molecule has 6 nitrogen and oxygen atoms in total. The van der Waals surface area contributed by atoms with Gasteiger partial charge in [0, 0.05) is 17.3 Å². The van der Waals surface area contributed by atoms with Crippen LogP contribution in [0.5, 0.6) is 5.75 Å². The Morgan fingerprint density at radius 3 is 2.82 bits per heavy atom. The summed E-state index contributed by atoms with van der Waals surface area (Å²) in [6.07, 6.45) is 1.66. The summed E-state index contributed by atoms with van der Waals surface area (Å²) in [6, 6.07) is 6.82. The third-order valence-electron chi connectivity index (χ3n) is 3.35. The SMILES string of the molecule is COc1cc(Cl)cc2c1nc(N)c(=O)n2-c1cccnc1C. The normalized spacial score (nSPS) is 10.9. The molecule has 3 rings (SSSR count). The van der Waals surface area contributed by atoms with Crippen molar-refractivity contribution in [1.29, 1.82) is 0 Å². The van der Waals surface area contributed by atoms with Crippen LogP contribution in [0.25, 0.3) is 16.7 Å². The Morgan fingerprint density at radius 1 is 1.36 bits per heavy atom. The Bertz CT molecular complexity index is 937. The summed E-state index contributed by atoms with van der Waals surface area (Å²) < 4.78 is 6.74. The van der Waals surface area contributed by atoms with Crippen molar-refractivity contribution in [2.24, 2.45) is 0 Å². The van der Waals surface area contributed by atoms with Gasteiger partial charge in [-0.2, -0.15) is 0 Å². The lowest BCUT2D eigenvalue weighted by Crippen LogP contribution is -2.24. The van der Waals surface area contributed by atoms with E-state index < -0.39 is 5.56 Å². The quantitative estimate of drug-likeness (QED) is 0.784. The maximum atomic E-state index is 12.5. The first-order valence-corrected chi connectivity index (χ1v) is 6.88. The summed E-state index contributed by atoms with van der Waals surface area (Å²) in [4.78, 5) is 20.9. The van der Waals surface area contributed by atoms with Crippen molar-refractivity contribution in [3.05, 3.63) is 51.5 Å². The predicted octanol–water partition coefficient (Wildman–Crippen LogP) is 2.33. The van der Waals surface area contributed by atoms with Crippen molar-refractivity contribution in [1.82, 2.24) is 14.5 Å². The van der Waals surface area contributed by atoms with Gasteiger partial charge in [-0.3, -0.25) is 14.3 Å². The van der Waals surface area contributed by atoms with Crippen molar-refractivity contribution in [2.75, 3.05) is 12.8 Å². The molecule has 0 saturated heterocycles. The Balaban J connectivity index is 2.53. The standard InChI is InChI=1S/C15H13ClN4O2/c1-8-10(4-3-5-18-8)20-11-6-9(16)7-12(22-2)13(11)19-14(17)15(20)21/h3-7H,1-2H3,(H2,17,19). The first kappa shape index (κ1) is 14.3. The number of aromatic nitrogens is 3. The van der Waals surface area contributed by atoms with E-state index in [-0.39, 0.29) is 5.82 Å². The minimum absolute atomic E-state index is 0.114. The third-order valence-corrected chi connectivity index (χ3v) is 3.57. The van der Waals surface area contributed by atoms with Gasteiger partial charge in [-0.1, -0.05) is 11.6 Å². The van der Waals surface area contributed by atoms with Crippen LogP contribution >= 0.6 is 11.6 Å². The second kappa shape index (κ2) is 5.31. The van der Waals surface area contributed by atoms with Crippen LogP contribution in [0.2, 0.25) is 5.02 Å². The zero-order valence-corrected chi connectivity index (χ0v) is 12.8. The number of aryl methyl sites for hydroxylation is 1. The zero-order chi connectivity index (χ0) is 15.9. The highest BCUT2D eigenvalue weighted by Crippen LogP contribution is 2.29. The van der Waals surface area contributed by atoms with E-state index in [1.54, 1.807) is 30.5 Å². The molecule has 0 amide bonds. The molecule has 0 aliphatic heterocycles. The summed E-state index contributed by atoms with van der Waals surface area (Å²) >= 11 is 6.12. The zero-order valence-electron chi connectivity index (χ0n) is 12.0. The number of nitrogens with two attached hydrogens (primary N) is 1. The van der Waals surface area contributed by atoms with Gasteiger partial charge >= 0.3 is 0 Å². The van der Waals surface area contributed by atoms with Gasteiger partial charge in [0.15, 0.2) is 5.82 Å². The molecule has 1 aromatic carbocycles. The molecule has 0 fully saturated rings. The molecule has 2 aromatic heterocycles. The van der Waals surface area contributed by atoms with Crippen molar-refractivity contribution in [3.63, 3.8) is 0 Å². The van der Waals surface area contributed by atoms with Gasteiger partial charge in [0.25, 0.3) is 5.56 Å². The number of nitrogen functional groups attached to an aromatic ring is 1. The van der Waals surface area contributed by atoms with Gasteiger partial charge < -0.3 is 10.5 Å². The predicted molar refractivity (Wildman–Crippen MR) is 85.8 cm³/mol. The molecule has 0 aliphatic rings. The maximum Gasteiger partial charge on any atom is 0.298 e. The van der Waals surface area contributed by atoms with Crippen LogP contribution < -0.4 is 16.0 Å². The fourth-order valence-electron chi connectivity index (χ4n) is 2.34. The minimum Gasteiger partial charge on any atom is -0.494 e. The molecular weight excluding hydrogens is 304 g/mol. The smallest absolute Gasteiger partial charge is 0.298 e. The van der Waals surface area contributed by atoms with Crippen LogP contribution in [0.1, 0.15) is 5.69 Å². The van der Waals surface area contributed by atoms with E-state index in [9.17, 15) is 4.79 Å². The number of ether oxygens (including phenoxy) is 1. The summed E-state index contributed by atoms with van der Waals surface area (Å²) in [5.74, 6) is 0.334. The molecule has 0 spiro atoms. The average molecular weight is 317 g/mol. The summed E-state index contributed by atoms with van der Waals surface area (Å²) in [6.45, 7) is 1.81. The topological polar surface area (TPSA) is 83.0 Å². The number of hydrogen-bond donors (Lipinski definition) is 1. The molecule has 22 heavy (non-hydrogen) atoms. The molecule has 0 saturated carbocycles. The summed E-state index contributed by atoms with van der Waals surface area (Å²) in [7, 11) is 1.51. The van der Waals surface area contributed by atoms with Crippen LogP contribution in [0, 0.1) is 6.92 Å². The Hall–Kier alpha value is -2.60. The van der Waals surface area contributed by atoms with Crippen molar-refractivity contribution in [3.8, 4) is 11.4 Å². The lowest BCUT2D eigenvalue weighted by Gasteiger charge is -2.14. The van der Waals surface area contributed by atoms with Gasteiger partial charge in [-0.25, -0.2) is 4.98 Å². The van der Waals surface area contributed by atoms with E-state index in [4.69, 9.17) is 22.1 Å².